The number of aromatic nitrogens is 2. The Morgan fingerprint density at radius 2 is 1.00 bits per heavy atom. The minimum Gasteiger partial charge on any atom is -0.309 e. The molecule has 0 saturated carbocycles. The van der Waals surface area contributed by atoms with Gasteiger partial charge in [0.25, 0.3) is 11.1 Å². The molecule has 0 spiro atoms. The highest BCUT2D eigenvalue weighted by Crippen LogP contribution is 2.42. The summed E-state index contributed by atoms with van der Waals surface area (Å²) in [7, 11) is 0. The summed E-state index contributed by atoms with van der Waals surface area (Å²) in [5, 5.41) is 6.78. The molecule has 168 valence electrons. The smallest absolute Gasteiger partial charge is 0.266 e. The molecule has 0 saturated heterocycles. The predicted molar refractivity (Wildman–Crippen MR) is 148 cm³/mol. The largest absolute Gasteiger partial charge is 0.309 e. The van der Waals surface area contributed by atoms with Crippen molar-refractivity contribution < 1.29 is 0 Å². The zero-order valence-electron chi connectivity index (χ0n) is 19.1. The molecule has 0 fully saturated rings. The molecule has 0 unspecified atom stereocenters. The molecule has 0 atom stereocenters. The highest BCUT2D eigenvalue weighted by atomic mass is 16.2. The summed E-state index contributed by atoms with van der Waals surface area (Å²) in [5.41, 5.74) is 3.33. The van der Waals surface area contributed by atoms with Crippen LogP contribution >= 0.6 is 0 Å². The molecule has 8 aromatic rings. The number of pyridine rings is 2. The maximum atomic E-state index is 13.7. The molecule has 0 aliphatic heterocycles. The Morgan fingerprint density at radius 1 is 0.444 bits per heavy atom. The van der Waals surface area contributed by atoms with Crippen LogP contribution in [0.3, 0.4) is 0 Å². The van der Waals surface area contributed by atoms with E-state index in [-0.39, 0.29) is 11.1 Å². The van der Waals surface area contributed by atoms with E-state index in [1.54, 1.807) is 0 Å². The van der Waals surface area contributed by atoms with E-state index in [9.17, 15) is 9.59 Å². The summed E-state index contributed by atoms with van der Waals surface area (Å²) in [6.07, 6.45) is 0. The number of hydrogen-bond acceptors (Lipinski definition) is 2. The molecule has 0 aliphatic carbocycles. The Hall–Kier alpha value is -4.96. The van der Waals surface area contributed by atoms with Gasteiger partial charge in [0, 0.05) is 38.0 Å². The van der Waals surface area contributed by atoms with E-state index in [0.29, 0.717) is 16.3 Å². The van der Waals surface area contributed by atoms with Crippen LogP contribution in [0.2, 0.25) is 0 Å². The van der Waals surface area contributed by atoms with Crippen molar-refractivity contribution in [1.29, 1.82) is 0 Å². The second kappa shape index (κ2) is 6.80. The van der Waals surface area contributed by atoms with Gasteiger partial charge in [-0.1, -0.05) is 72.8 Å². The van der Waals surface area contributed by atoms with Gasteiger partial charge in [-0.2, -0.15) is 0 Å². The summed E-state index contributed by atoms with van der Waals surface area (Å²) in [4.78, 5) is 27.5. The topological polar surface area (TPSA) is 43.5 Å². The van der Waals surface area contributed by atoms with Crippen molar-refractivity contribution in [3.63, 3.8) is 0 Å². The van der Waals surface area contributed by atoms with Gasteiger partial charge >= 0.3 is 0 Å². The second-order valence-corrected chi connectivity index (χ2v) is 9.27. The predicted octanol–water partition coefficient (Wildman–Crippen LogP) is 6.65. The van der Waals surface area contributed by atoms with Gasteiger partial charge in [-0.3, -0.25) is 9.59 Å². The van der Waals surface area contributed by atoms with Gasteiger partial charge in [-0.15, -0.1) is 0 Å². The van der Waals surface area contributed by atoms with Crippen molar-refractivity contribution in [2.24, 2.45) is 0 Å². The van der Waals surface area contributed by atoms with E-state index in [4.69, 9.17) is 0 Å². The van der Waals surface area contributed by atoms with Gasteiger partial charge in [0.15, 0.2) is 0 Å². The molecule has 4 nitrogen and oxygen atoms in total. The molecule has 0 aliphatic rings. The maximum Gasteiger partial charge on any atom is 0.266 e. The fraction of sp³-hybridized carbons (Fsp3) is 0. The van der Waals surface area contributed by atoms with Crippen LogP contribution in [0.4, 0.5) is 0 Å². The lowest BCUT2D eigenvalue weighted by molar-refractivity contribution is 1.09. The molecule has 0 amide bonds. The lowest BCUT2D eigenvalue weighted by atomic mass is 9.96. The third-order valence-electron chi connectivity index (χ3n) is 7.45. The molecule has 8 rings (SSSR count). The van der Waals surface area contributed by atoms with E-state index in [1.165, 1.54) is 4.40 Å². The summed E-state index contributed by atoms with van der Waals surface area (Å²) in [5.74, 6) is 0. The zero-order valence-corrected chi connectivity index (χ0v) is 19.1. The lowest BCUT2D eigenvalue weighted by Gasteiger charge is -2.15. The number of hydrogen-bond donors (Lipinski definition) is 0. The van der Waals surface area contributed by atoms with Crippen molar-refractivity contribution >= 4 is 59.6 Å². The van der Waals surface area contributed by atoms with Crippen LogP contribution in [0.5, 0.6) is 0 Å². The summed E-state index contributed by atoms with van der Waals surface area (Å²) >= 11 is 0. The van der Waals surface area contributed by atoms with Gasteiger partial charge in [0.05, 0.1) is 16.6 Å². The minimum atomic E-state index is -0.273. The second-order valence-electron chi connectivity index (χ2n) is 9.27. The molecular formula is C32H18N2O2. The first-order valence-corrected chi connectivity index (χ1v) is 12.0. The van der Waals surface area contributed by atoms with Crippen molar-refractivity contribution in [3.8, 4) is 5.69 Å². The fourth-order valence-electron chi connectivity index (χ4n) is 6.00. The zero-order chi connectivity index (χ0) is 24.0. The van der Waals surface area contributed by atoms with E-state index in [2.05, 4.69) is 41.0 Å². The van der Waals surface area contributed by atoms with Crippen LogP contribution in [0.15, 0.2) is 119 Å². The van der Waals surface area contributed by atoms with Crippen molar-refractivity contribution in [3.05, 3.63) is 130 Å². The van der Waals surface area contributed by atoms with Crippen molar-refractivity contribution in [1.82, 2.24) is 8.97 Å². The van der Waals surface area contributed by atoms with E-state index in [0.717, 1.165) is 49.0 Å². The Bertz CT molecular complexity index is 2280. The number of benzene rings is 5. The Labute approximate surface area is 204 Å². The van der Waals surface area contributed by atoms with Crippen molar-refractivity contribution in [2.75, 3.05) is 0 Å². The number of para-hydroxylation sites is 2. The molecule has 36 heavy (non-hydrogen) atoms. The normalized spacial score (nSPS) is 12.1. The fourth-order valence-corrected chi connectivity index (χ4v) is 6.00. The Kier molecular flexibility index (Phi) is 3.66. The molecule has 0 N–H and O–H groups in total. The van der Waals surface area contributed by atoms with Crippen LogP contribution in [0.1, 0.15) is 0 Å². The number of rotatable bonds is 1. The maximum absolute atomic E-state index is 13.7. The first-order chi connectivity index (χ1) is 17.7. The van der Waals surface area contributed by atoms with E-state index >= 15 is 0 Å². The number of fused-ring (bicyclic) bond motifs is 8. The molecule has 0 radical (unpaired) electrons. The molecule has 5 aromatic carbocycles. The SMILES string of the molecule is O=c1c2ccccc2c2cc3c(c4ccccc4n3-c3ccccc3)c3c4ccccc4c(=O)n1c23. The van der Waals surface area contributed by atoms with Gasteiger partial charge in [0.2, 0.25) is 0 Å². The summed E-state index contributed by atoms with van der Waals surface area (Å²) in [6, 6.07) is 36.1. The van der Waals surface area contributed by atoms with Gasteiger partial charge < -0.3 is 4.57 Å². The Balaban J connectivity index is 1.83. The lowest BCUT2D eigenvalue weighted by Crippen LogP contribution is -2.27. The van der Waals surface area contributed by atoms with Gasteiger partial charge in [-0.25, -0.2) is 4.40 Å². The number of nitrogens with zero attached hydrogens (tertiary/aromatic N) is 2. The summed E-state index contributed by atoms with van der Waals surface area (Å²) in [6.45, 7) is 0. The van der Waals surface area contributed by atoms with Crippen LogP contribution in [0.25, 0.3) is 65.3 Å². The molecule has 4 heteroatoms. The Morgan fingerprint density at radius 3 is 1.72 bits per heavy atom. The monoisotopic (exact) mass is 462 g/mol. The quantitative estimate of drug-likeness (QED) is 0.202. The van der Waals surface area contributed by atoms with E-state index < -0.39 is 0 Å². The third-order valence-corrected chi connectivity index (χ3v) is 7.45. The first-order valence-electron chi connectivity index (χ1n) is 12.0. The standard InChI is InChI=1S/C32H18N2O2/c35-31-22-14-6-4-12-20(22)25-18-27-28(29-21-13-5-7-15-23(21)32(36)34(31)30(25)29)24-16-8-9-17-26(24)33(27)19-10-2-1-3-11-19/h1-18H. The highest BCUT2D eigenvalue weighted by molar-refractivity contribution is 6.32. The van der Waals surface area contributed by atoms with E-state index in [1.807, 2.05) is 72.8 Å². The highest BCUT2D eigenvalue weighted by Gasteiger charge is 2.23. The minimum absolute atomic E-state index is 0.273. The molecular weight excluding hydrogens is 444 g/mol. The van der Waals surface area contributed by atoms with Crippen LogP contribution < -0.4 is 11.1 Å². The summed E-state index contributed by atoms with van der Waals surface area (Å²) < 4.78 is 3.67. The first kappa shape index (κ1) is 19.4. The van der Waals surface area contributed by atoms with Crippen LogP contribution in [0, 0.1) is 0 Å². The molecule has 3 heterocycles. The molecule has 0 bridgehead atoms. The average Bonchev–Trinajstić information content (AvgIpc) is 3.27. The van der Waals surface area contributed by atoms with Gasteiger partial charge in [0.1, 0.15) is 0 Å². The third kappa shape index (κ3) is 2.28. The van der Waals surface area contributed by atoms with Crippen LogP contribution in [-0.2, 0) is 0 Å². The van der Waals surface area contributed by atoms with Crippen molar-refractivity contribution in [2.45, 2.75) is 0 Å². The van der Waals surface area contributed by atoms with Crippen LogP contribution in [-0.4, -0.2) is 8.97 Å². The average molecular weight is 463 g/mol. The van der Waals surface area contributed by atoms with Gasteiger partial charge in [-0.05, 0) is 47.2 Å². The molecule has 3 aromatic heterocycles.